The van der Waals surface area contributed by atoms with Gasteiger partial charge in [0.05, 0.1) is 16.7 Å². The van der Waals surface area contributed by atoms with Crippen LogP contribution >= 0.6 is 0 Å². The van der Waals surface area contributed by atoms with Crippen molar-refractivity contribution in [1.82, 2.24) is 14.0 Å². The number of nitrogens with zero attached hydrogens (tertiary/aromatic N) is 4. The predicted octanol–water partition coefficient (Wildman–Crippen LogP) is 4.60. The summed E-state index contributed by atoms with van der Waals surface area (Å²) in [7, 11) is 1.75. The number of pyridine rings is 1. The van der Waals surface area contributed by atoms with Crippen molar-refractivity contribution in [2.24, 2.45) is 4.99 Å². The molecule has 2 aromatic heterocycles. The standard InChI is InChI=1S/C27H36N6O2/c1-18-14-24-23(32(18)16-20-10-8-7-9-11-20)15-22(25(28)33(24)19(2)29-6)30-21-12-13-31(17-21)26(34)35-27(3,4)5/h7-11,14-15,21,28,30H,12-13,16-17H2,1-6H3. The average molecular weight is 477 g/mol. The summed E-state index contributed by atoms with van der Waals surface area (Å²) in [5.74, 6) is 0.752. The molecule has 3 aromatic rings. The summed E-state index contributed by atoms with van der Waals surface area (Å²) in [5, 5.41) is 12.5. The lowest BCUT2D eigenvalue weighted by atomic mass is 10.2. The van der Waals surface area contributed by atoms with Crippen molar-refractivity contribution in [2.45, 2.75) is 59.2 Å². The third-order valence-electron chi connectivity index (χ3n) is 6.36. The Labute approximate surface area is 206 Å². The van der Waals surface area contributed by atoms with Gasteiger partial charge >= 0.3 is 6.09 Å². The number of carbonyl (C=O) groups is 1. The van der Waals surface area contributed by atoms with E-state index >= 15 is 0 Å². The molecular weight excluding hydrogens is 440 g/mol. The summed E-state index contributed by atoms with van der Waals surface area (Å²) in [6.45, 7) is 11.6. The lowest BCUT2D eigenvalue weighted by Gasteiger charge is -2.24. The van der Waals surface area contributed by atoms with Gasteiger partial charge in [-0.15, -0.1) is 0 Å². The first-order valence-corrected chi connectivity index (χ1v) is 12.1. The molecule has 1 atom stereocenters. The number of ether oxygens (including phenoxy) is 1. The SMILES string of the molecule is CN=C(C)n1c(=N)c(NC2CCN(C(=O)OC(C)(C)C)C2)cc2c1cc(C)n2Cc1ccccc1. The molecule has 1 unspecified atom stereocenters. The van der Waals surface area contributed by atoms with E-state index in [-0.39, 0.29) is 12.1 Å². The van der Waals surface area contributed by atoms with Crippen LogP contribution in [0.2, 0.25) is 0 Å². The van der Waals surface area contributed by atoms with Crippen LogP contribution in [-0.4, -0.2) is 57.7 Å². The van der Waals surface area contributed by atoms with Gasteiger partial charge in [0.15, 0.2) is 5.49 Å². The summed E-state index contributed by atoms with van der Waals surface area (Å²) in [6.07, 6.45) is 0.501. The summed E-state index contributed by atoms with van der Waals surface area (Å²) >= 11 is 0. The first-order chi connectivity index (χ1) is 16.6. The van der Waals surface area contributed by atoms with Crippen LogP contribution in [0.25, 0.3) is 11.0 Å². The smallest absolute Gasteiger partial charge is 0.410 e. The number of rotatable bonds is 4. The minimum absolute atomic E-state index is 0.0371. The second-order valence-electron chi connectivity index (χ2n) is 10.2. The van der Waals surface area contributed by atoms with Crippen molar-refractivity contribution in [3.05, 3.63) is 59.2 Å². The zero-order valence-electron chi connectivity index (χ0n) is 21.6. The van der Waals surface area contributed by atoms with E-state index in [0.29, 0.717) is 18.6 Å². The number of nitrogens with one attached hydrogen (secondary N) is 2. The molecule has 3 heterocycles. The van der Waals surface area contributed by atoms with E-state index in [1.165, 1.54) is 5.56 Å². The molecule has 8 heteroatoms. The molecule has 4 rings (SSSR count). The van der Waals surface area contributed by atoms with Gasteiger partial charge in [0.25, 0.3) is 0 Å². The topological polar surface area (TPSA) is 87.6 Å². The number of aliphatic imine (C=N–C) groups is 1. The Morgan fingerprint density at radius 3 is 2.57 bits per heavy atom. The zero-order chi connectivity index (χ0) is 25.3. The van der Waals surface area contributed by atoms with Gasteiger partial charge in [-0.25, -0.2) is 4.79 Å². The normalized spacial score (nSPS) is 16.7. The van der Waals surface area contributed by atoms with E-state index in [4.69, 9.17) is 10.1 Å². The van der Waals surface area contributed by atoms with E-state index < -0.39 is 5.60 Å². The Morgan fingerprint density at radius 1 is 1.20 bits per heavy atom. The van der Waals surface area contributed by atoms with Gasteiger partial charge < -0.3 is 19.5 Å². The van der Waals surface area contributed by atoms with Gasteiger partial charge in [0.2, 0.25) is 0 Å². The van der Waals surface area contributed by atoms with Crippen molar-refractivity contribution in [3.8, 4) is 0 Å². The van der Waals surface area contributed by atoms with Crippen molar-refractivity contribution in [3.63, 3.8) is 0 Å². The van der Waals surface area contributed by atoms with Gasteiger partial charge in [0, 0.05) is 38.4 Å². The molecule has 1 aliphatic rings. The second-order valence-corrected chi connectivity index (χ2v) is 10.2. The average Bonchev–Trinajstić information content (AvgIpc) is 3.38. The number of aromatic nitrogens is 2. The number of carbonyl (C=O) groups excluding carboxylic acids is 1. The highest BCUT2D eigenvalue weighted by atomic mass is 16.6. The fourth-order valence-electron chi connectivity index (χ4n) is 4.57. The van der Waals surface area contributed by atoms with Crippen LogP contribution in [0.4, 0.5) is 10.5 Å². The van der Waals surface area contributed by atoms with Crippen LogP contribution in [0.15, 0.2) is 47.5 Å². The van der Waals surface area contributed by atoms with E-state index in [1.807, 2.05) is 38.3 Å². The maximum absolute atomic E-state index is 12.5. The molecule has 1 amide bonds. The number of likely N-dealkylation sites (tertiary alicyclic amines) is 1. The third kappa shape index (κ3) is 5.26. The molecule has 0 saturated carbocycles. The molecule has 1 aliphatic heterocycles. The molecule has 186 valence electrons. The lowest BCUT2D eigenvalue weighted by molar-refractivity contribution is 0.0293. The van der Waals surface area contributed by atoms with E-state index in [2.05, 4.69) is 58.2 Å². The van der Waals surface area contributed by atoms with Crippen molar-refractivity contribution in [1.29, 1.82) is 5.41 Å². The monoisotopic (exact) mass is 476 g/mol. The van der Waals surface area contributed by atoms with Gasteiger partial charge in [-0.05, 0) is 58.7 Å². The number of hydrogen-bond donors (Lipinski definition) is 2. The Bertz CT molecular complexity index is 1310. The molecule has 0 aliphatic carbocycles. The predicted molar refractivity (Wildman–Crippen MR) is 140 cm³/mol. The minimum atomic E-state index is -0.521. The Kier molecular flexibility index (Phi) is 6.74. The quantitative estimate of drug-likeness (QED) is 0.426. The first-order valence-electron chi connectivity index (χ1n) is 12.1. The fraction of sp³-hybridized carbons (Fsp3) is 0.444. The van der Waals surface area contributed by atoms with Gasteiger partial charge in [-0.1, -0.05) is 30.3 Å². The fourth-order valence-corrected chi connectivity index (χ4v) is 4.57. The molecule has 8 nitrogen and oxygen atoms in total. The van der Waals surface area contributed by atoms with Crippen molar-refractivity contribution < 1.29 is 9.53 Å². The Hall–Kier alpha value is -3.55. The van der Waals surface area contributed by atoms with E-state index in [1.54, 1.807) is 11.9 Å². The minimum Gasteiger partial charge on any atom is -0.444 e. The summed E-state index contributed by atoms with van der Waals surface area (Å²) in [6, 6.07) is 14.6. The number of fused-ring (bicyclic) bond motifs is 1. The lowest BCUT2D eigenvalue weighted by Crippen LogP contribution is -2.37. The van der Waals surface area contributed by atoms with Crippen LogP contribution in [0.5, 0.6) is 0 Å². The van der Waals surface area contributed by atoms with Gasteiger partial charge in [-0.2, -0.15) is 0 Å². The molecule has 0 radical (unpaired) electrons. The summed E-state index contributed by atoms with van der Waals surface area (Å²) < 4.78 is 9.71. The van der Waals surface area contributed by atoms with Gasteiger partial charge in [0.1, 0.15) is 11.4 Å². The number of hydrogen-bond acceptors (Lipinski definition) is 5. The molecule has 1 fully saturated rings. The van der Waals surface area contributed by atoms with E-state index in [0.717, 1.165) is 41.2 Å². The highest BCUT2D eigenvalue weighted by Crippen LogP contribution is 2.24. The van der Waals surface area contributed by atoms with E-state index in [9.17, 15) is 4.79 Å². The van der Waals surface area contributed by atoms with Crippen LogP contribution in [0, 0.1) is 12.3 Å². The van der Waals surface area contributed by atoms with Crippen molar-refractivity contribution >= 4 is 28.6 Å². The van der Waals surface area contributed by atoms with Crippen LogP contribution in [0.3, 0.4) is 0 Å². The van der Waals surface area contributed by atoms with Crippen molar-refractivity contribution in [2.75, 3.05) is 25.5 Å². The Morgan fingerprint density at radius 2 is 1.91 bits per heavy atom. The molecule has 1 aromatic carbocycles. The second kappa shape index (κ2) is 9.60. The third-order valence-corrected chi connectivity index (χ3v) is 6.36. The molecule has 35 heavy (non-hydrogen) atoms. The molecular formula is C27H36N6O2. The van der Waals surface area contributed by atoms with Crippen LogP contribution in [0.1, 0.15) is 45.4 Å². The molecule has 1 saturated heterocycles. The Balaban J connectivity index is 1.69. The zero-order valence-corrected chi connectivity index (χ0v) is 21.6. The highest BCUT2D eigenvalue weighted by molar-refractivity contribution is 5.94. The first kappa shape index (κ1) is 24.6. The van der Waals surface area contributed by atoms with Crippen LogP contribution < -0.4 is 10.8 Å². The van der Waals surface area contributed by atoms with Crippen LogP contribution in [-0.2, 0) is 11.3 Å². The summed E-state index contributed by atoms with van der Waals surface area (Å²) in [5.41, 5.74) is 4.89. The number of amides is 1. The number of aryl methyl sites for hydroxylation is 1. The largest absolute Gasteiger partial charge is 0.444 e. The number of benzene rings is 1. The maximum atomic E-state index is 12.5. The highest BCUT2D eigenvalue weighted by Gasteiger charge is 2.30. The molecule has 0 spiro atoms. The summed E-state index contributed by atoms with van der Waals surface area (Å²) in [4.78, 5) is 18.6. The molecule has 2 N–H and O–H groups in total. The maximum Gasteiger partial charge on any atom is 0.410 e. The molecule has 0 bridgehead atoms. The van der Waals surface area contributed by atoms with Gasteiger partial charge in [-0.3, -0.25) is 15.0 Å². The number of anilines is 1.